The van der Waals surface area contributed by atoms with Crippen LogP contribution in [0.25, 0.3) is 0 Å². The molecule has 16 heavy (non-hydrogen) atoms. The highest BCUT2D eigenvalue weighted by Crippen LogP contribution is 2.31. The van der Waals surface area contributed by atoms with Crippen molar-refractivity contribution in [2.45, 2.75) is 52.4 Å². The molecule has 0 aromatic heterocycles. The molecule has 0 atom stereocenters. The average molecular weight is 230 g/mol. The van der Waals surface area contributed by atoms with E-state index < -0.39 is 6.03 Å². The summed E-state index contributed by atoms with van der Waals surface area (Å²) in [5.74, 6) is 11.3. The van der Waals surface area contributed by atoms with Gasteiger partial charge in [0, 0.05) is 0 Å². The van der Waals surface area contributed by atoms with Gasteiger partial charge >= 0.3 is 6.03 Å². The second kappa shape index (κ2) is 8.35. The molecule has 1 fully saturated rings. The molecular weight excluding hydrogens is 204 g/mol. The monoisotopic (exact) mass is 230 g/mol. The van der Waals surface area contributed by atoms with Gasteiger partial charge in [0.25, 0.3) is 0 Å². The van der Waals surface area contributed by atoms with Crippen LogP contribution in [-0.4, -0.2) is 11.1 Å². The van der Waals surface area contributed by atoms with Gasteiger partial charge in [-0.15, -0.1) is 0 Å². The van der Waals surface area contributed by atoms with Gasteiger partial charge in [0.05, 0.1) is 0 Å². The Labute approximate surface area is 98.3 Å². The summed E-state index contributed by atoms with van der Waals surface area (Å²) in [5.41, 5.74) is 4.47. The number of nitrogens with two attached hydrogens (primary N) is 3. The Balaban J connectivity index is 0.000000325. The first-order valence-corrected chi connectivity index (χ1v) is 6.10. The van der Waals surface area contributed by atoms with Gasteiger partial charge in [-0.1, -0.05) is 52.4 Å². The zero-order valence-corrected chi connectivity index (χ0v) is 10.5. The van der Waals surface area contributed by atoms with E-state index in [1.165, 1.54) is 38.5 Å². The van der Waals surface area contributed by atoms with Crippen molar-refractivity contribution in [2.24, 2.45) is 29.3 Å². The summed E-state index contributed by atoms with van der Waals surface area (Å²) in [6.45, 7) is 4.66. The molecule has 0 spiro atoms. The smallest absolute Gasteiger partial charge is 0.343 e. The van der Waals surface area contributed by atoms with E-state index in [1.807, 2.05) is 0 Å². The van der Waals surface area contributed by atoms with Crippen molar-refractivity contribution in [1.29, 1.82) is 0 Å². The van der Waals surface area contributed by atoms with Crippen molar-refractivity contribution in [3.63, 3.8) is 0 Å². The number of rotatable bonds is 2. The van der Waals surface area contributed by atoms with E-state index in [2.05, 4.69) is 31.3 Å². The minimum atomic E-state index is -0.852. The van der Waals surface area contributed by atoms with Crippen molar-refractivity contribution in [2.75, 3.05) is 0 Å². The summed E-state index contributed by atoms with van der Waals surface area (Å²) in [5, 5.41) is 0.306. The summed E-state index contributed by atoms with van der Waals surface area (Å²) in [6, 6.07) is -0.852. The van der Waals surface area contributed by atoms with Gasteiger partial charge in [0.1, 0.15) is 0 Å². The summed E-state index contributed by atoms with van der Waals surface area (Å²) in [6.07, 6.45) is 8.86. The molecular formula is C11H26N4O. The van der Waals surface area contributed by atoms with E-state index in [9.17, 15) is 4.79 Å². The zero-order valence-electron chi connectivity index (χ0n) is 10.5. The van der Waals surface area contributed by atoms with Crippen molar-refractivity contribution < 1.29 is 4.79 Å². The molecule has 6 N–H and O–H groups in total. The Morgan fingerprint density at radius 2 is 1.31 bits per heavy atom. The molecule has 1 aliphatic carbocycles. The fraction of sp³-hybridized carbons (Fsp3) is 0.909. The number of amides is 2. The van der Waals surface area contributed by atoms with Crippen molar-refractivity contribution in [1.82, 2.24) is 5.12 Å². The molecule has 1 aliphatic rings. The molecule has 0 bridgehead atoms. The van der Waals surface area contributed by atoms with E-state index in [-0.39, 0.29) is 0 Å². The Morgan fingerprint density at radius 3 is 1.44 bits per heavy atom. The van der Waals surface area contributed by atoms with Crippen LogP contribution in [0.1, 0.15) is 52.4 Å². The van der Waals surface area contributed by atoms with Crippen molar-refractivity contribution in [3.8, 4) is 0 Å². The molecule has 0 aromatic rings. The van der Waals surface area contributed by atoms with E-state index in [0.29, 0.717) is 5.12 Å². The fourth-order valence-corrected chi connectivity index (χ4v) is 2.05. The number of carbonyl (C=O) groups excluding carboxylic acids is 1. The van der Waals surface area contributed by atoms with Crippen LogP contribution in [0.2, 0.25) is 0 Å². The van der Waals surface area contributed by atoms with Gasteiger partial charge in [-0.05, 0) is 11.8 Å². The quantitative estimate of drug-likeness (QED) is 0.382. The summed E-state index contributed by atoms with van der Waals surface area (Å²) < 4.78 is 0. The van der Waals surface area contributed by atoms with Crippen molar-refractivity contribution >= 4 is 6.03 Å². The number of urea groups is 1. The lowest BCUT2D eigenvalue weighted by Crippen LogP contribution is -2.46. The lowest BCUT2D eigenvalue weighted by atomic mass is 9.80. The van der Waals surface area contributed by atoms with Gasteiger partial charge in [-0.3, -0.25) is 0 Å². The van der Waals surface area contributed by atoms with E-state index >= 15 is 0 Å². The largest absolute Gasteiger partial charge is 0.349 e. The van der Waals surface area contributed by atoms with E-state index in [1.54, 1.807) is 0 Å². The fourth-order valence-electron chi connectivity index (χ4n) is 2.05. The number of hydrazine groups is 2. The molecule has 1 rings (SSSR count). The molecule has 0 unspecified atom stereocenters. The molecule has 0 aliphatic heterocycles. The predicted octanol–water partition coefficient (Wildman–Crippen LogP) is 1.73. The van der Waals surface area contributed by atoms with Crippen molar-refractivity contribution in [3.05, 3.63) is 0 Å². The molecule has 0 aromatic carbocycles. The van der Waals surface area contributed by atoms with Crippen LogP contribution in [0.4, 0.5) is 4.79 Å². The number of hydrogen-bond donors (Lipinski definition) is 3. The lowest BCUT2D eigenvalue weighted by molar-refractivity contribution is 0.210. The Morgan fingerprint density at radius 1 is 1.06 bits per heavy atom. The minimum Gasteiger partial charge on any atom is -0.349 e. The van der Waals surface area contributed by atoms with Gasteiger partial charge < -0.3 is 5.73 Å². The molecule has 1 saturated carbocycles. The van der Waals surface area contributed by atoms with Gasteiger partial charge in [-0.2, -0.15) is 5.12 Å². The maximum Gasteiger partial charge on any atom is 0.343 e. The summed E-state index contributed by atoms with van der Waals surface area (Å²) >= 11 is 0. The topological polar surface area (TPSA) is 98.4 Å². The maximum absolute atomic E-state index is 9.60. The number of carbonyl (C=O) groups is 1. The summed E-state index contributed by atoms with van der Waals surface area (Å²) in [7, 11) is 0. The first-order chi connectivity index (χ1) is 7.51. The normalized spacial score (nSPS) is 24.2. The number of hydrogen-bond acceptors (Lipinski definition) is 3. The Hall–Kier alpha value is -0.810. The van der Waals surface area contributed by atoms with E-state index in [0.717, 1.165) is 11.8 Å². The van der Waals surface area contributed by atoms with Gasteiger partial charge in [0.2, 0.25) is 0 Å². The number of primary amides is 1. The molecule has 5 nitrogen and oxygen atoms in total. The molecule has 0 saturated heterocycles. The minimum absolute atomic E-state index is 0.306. The second-order valence-corrected chi connectivity index (χ2v) is 4.45. The van der Waals surface area contributed by atoms with Crippen LogP contribution in [-0.2, 0) is 0 Å². The van der Waals surface area contributed by atoms with Gasteiger partial charge in [-0.25, -0.2) is 16.5 Å². The highest BCUT2D eigenvalue weighted by atomic mass is 16.2. The van der Waals surface area contributed by atoms with Crippen LogP contribution in [0.3, 0.4) is 0 Å². The van der Waals surface area contributed by atoms with Crippen LogP contribution >= 0.6 is 0 Å². The molecule has 0 heterocycles. The number of nitrogens with zero attached hydrogens (tertiary/aromatic N) is 1. The Bertz CT molecular complexity index is 176. The first kappa shape index (κ1) is 15.2. The standard InChI is InChI=1S/C10H20.CH6N4O/c1-3-9-5-7-10(4-2)8-6-9;2-1(6)5(3)4/h9-10H,3-8H2,1-2H3;3-4H2,(H2,2,6). The third kappa shape index (κ3) is 6.63. The van der Waals surface area contributed by atoms with Crippen LogP contribution < -0.4 is 17.4 Å². The second-order valence-electron chi connectivity index (χ2n) is 4.45. The summed E-state index contributed by atoms with van der Waals surface area (Å²) in [4.78, 5) is 9.60. The lowest BCUT2D eigenvalue weighted by Gasteiger charge is -2.26. The Kier molecular flexibility index (Phi) is 7.93. The molecule has 0 radical (unpaired) electrons. The highest BCUT2D eigenvalue weighted by molar-refractivity contribution is 5.70. The first-order valence-electron chi connectivity index (χ1n) is 6.10. The molecule has 5 heteroatoms. The third-order valence-electron chi connectivity index (χ3n) is 3.38. The van der Waals surface area contributed by atoms with Crippen LogP contribution in [0.15, 0.2) is 0 Å². The SMILES string of the molecule is CCC1CCC(CC)CC1.NC(=O)N(N)N. The highest BCUT2D eigenvalue weighted by Gasteiger charge is 2.17. The zero-order chi connectivity index (χ0) is 12.6. The van der Waals surface area contributed by atoms with Crippen LogP contribution in [0.5, 0.6) is 0 Å². The van der Waals surface area contributed by atoms with Gasteiger partial charge in [0.15, 0.2) is 0 Å². The maximum atomic E-state index is 9.60. The van der Waals surface area contributed by atoms with Crippen LogP contribution in [0, 0.1) is 11.8 Å². The molecule has 2 amide bonds. The molecule has 96 valence electrons. The average Bonchev–Trinajstić information content (AvgIpc) is 2.30. The predicted molar refractivity (Wildman–Crippen MR) is 65.8 cm³/mol. The third-order valence-corrected chi connectivity index (χ3v) is 3.38. The van der Waals surface area contributed by atoms with E-state index in [4.69, 9.17) is 0 Å².